The molecule has 0 amide bonds. The van der Waals surface area contributed by atoms with Crippen molar-refractivity contribution in [3.05, 3.63) is 0 Å². The molecule has 2 radical (unpaired) electrons. The van der Waals surface area contributed by atoms with Crippen molar-refractivity contribution in [3.63, 3.8) is 0 Å². The average molecular weight is 240 g/mol. The third-order valence-electron chi connectivity index (χ3n) is 0. The van der Waals surface area contributed by atoms with E-state index in [1.807, 2.05) is 0 Å². The van der Waals surface area contributed by atoms with Gasteiger partial charge in [-0.1, -0.05) is 0 Å². The Hall–Kier alpha value is 1.09. The van der Waals surface area contributed by atoms with Gasteiger partial charge in [-0.25, -0.2) is 0 Å². The van der Waals surface area contributed by atoms with E-state index in [4.69, 9.17) is 16.4 Å². The molecule has 0 spiro atoms. The summed E-state index contributed by atoms with van der Waals surface area (Å²) < 4.78 is 24.4. The fourth-order valence-electron chi connectivity index (χ4n) is 0. The normalized spacial score (nSPS) is 4.29. The first kappa shape index (κ1) is 15.7. The van der Waals surface area contributed by atoms with Gasteiger partial charge in [-0.05, 0) is 0 Å². The van der Waals surface area contributed by atoms with E-state index in [0.29, 0.717) is 0 Å². The Labute approximate surface area is 66.9 Å². The van der Waals surface area contributed by atoms with Gasteiger partial charge in [0, 0.05) is 27.3 Å². The predicted octanol–water partition coefficient (Wildman–Crippen LogP) is -1.74. The molecule has 7 heteroatoms. The van der Waals surface area contributed by atoms with Crippen LogP contribution in [0.4, 0.5) is 0 Å². The molecule has 36 valence electrons. The Bertz CT molecular complexity index is 60.1. The average Bonchev–Trinajstić information content (AvgIpc) is 1.41. The Morgan fingerprint density at radius 1 is 1.29 bits per heavy atom. The van der Waals surface area contributed by atoms with Crippen LogP contribution in [0.3, 0.4) is 0 Å². The Balaban J connectivity index is -0.0000000480. The van der Waals surface area contributed by atoms with Crippen LogP contribution >= 0.6 is 0 Å². The molecule has 0 rings (SSSR count). The van der Waals surface area contributed by atoms with Crippen molar-refractivity contribution < 1.29 is 59.1 Å². The molecule has 4 nitrogen and oxygen atoms in total. The van der Waals surface area contributed by atoms with Crippen LogP contribution in [0.1, 0.15) is 0 Å². The SMILES string of the molecule is [B]O.[Cd].[O]=[V](=[O])[OH]. The van der Waals surface area contributed by atoms with E-state index in [1.54, 1.807) is 0 Å². The van der Waals surface area contributed by atoms with Crippen molar-refractivity contribution in [1.29, 1.82) is 0 Å². The van der Waals surface area contributed by atoms with E-state index in [1.165, 1.54) is 0 Å². The van der Waals surface area contributed by atoms with E-state index < -0.39 is 15.4 Å². The molecule has 0 fully saturated rings. The molecule has 0 saturated carbocycles. The molecule has 0 aromatic rings. The van der Waals surface area contributed by atoms with Crippen molar-refractivity contribution in [2.75, 3.05) is 0 Å². The van der Waals surface area contributed by atoms with Gasteiger partial charge in [0.25, 0.3) is 8.05 Å². The molecule has 0 aromatic carbocycles. The van der Waals surface area contributed by atoms with Gasteiger partial charge < -0.3 is 5.02 Å². The molecular formula is H2BCdO4V. The number of rotatable bonds is 0. The zero-order valence-electron chi connectivity index (χ0n) is 3.44. The predicted molar refractivity (Wildman–Crippen MR) is 11.6 cm³/mol. The summed E-state index contributed by atoms with van der Waals surface area (Å²) in [5.74, 6) is 0. The molecule has 0 atom stereocenters. The second kappa shape index (κ2) is 15.7. The van der Waals surface area contributed by atoms with Crippen LogP contribution in [-0.2, 0) is 50.0 Å². The third kappa shape index (κ3) is 154. The maximum atomic E-state index is 8.67. The molecule has 0 aliphatic rings. The molecule has 0 heterocycles. The molecule has 7 heavy (non-hydrogen) atoms. The van der Waals surface area contributed by atoms with Gasteiger partial charge in [-0.15, -0.1) is 0 Å². The Morgan fingerprint density at radius 2 is 1.29 bits per heavy atom. The molecule has 0 saturated heterocycles. The van der Waals surface area contributed by atoms with Gasteiger partial charge in [-0.3, -0.25) is 0 Å². The van der Waals surface area contributed by atoms with Gasteiger partial charge in [-0.2, -0.15) is 0 Å². The monoisotopic (exact) mass is 242 g/mol. The van der Waals surface area contributed by atoms with Gasteiger partial charge in [0.2, 0.25) is 0 Å². The van der Waals surface area contributed by atoms with Gasteiger partial charge in [0.15, 0.2) is 0 Å². The Morgan fingerprint density at radius 3 is 1.29 bits per heavy atom. The molecule has 0 aliphatic heterocycles. The second-order valence-corrected chi connectivity index (χ2v) is 0.981. The van der Waals surface area contributed by atoms with Gasteiger partial charge in [0.05, 0.1) is 0 Å². The third-order valence-corrected chi connectivity index (χ3v) is 0. The zero-order chi connectivity index (χ0) is 5.58. The van der Waals surface area contributed by atoms with Crippen molar-refractivity contribution >= 4 is 8.05 Å². The first-order valence-corrected chi connectivity index (χ1v) is 2.59. The summed E-state index contributed by atoms with van der Waals surface area (Å²) in [4.78, 5) is 0. The first-order valence-electron chi connectivity index (χ1n) is 0.823. The molecule has 0 unspecified atom stereocenters. The summed E-state index contributed by atoms with van der Waals surface area (Å²) >= 11 is -3.69. The van der Waals surface area contributed by atoms with Crippen LogP contribution in [0.2, 0.25) is 0 Å². The molecule has 0 aromatic heterocycles. The standard InChI is InChI=1S/BHO.Cd.H2O.2O.V/c1-2;;;;;/h2H;;1H2;;;/q;;;;;+1/p-1. The van der Waals surface area contributed by atoms with Crippen LogP contribution in [0.15, 0.2) is 0 Å². The Kier molecular flexibility index (Phi) is 35.2. The summed E-state index contributed by atoms with van der Waals surface area (Å²) in [6.07, 6.45) is 0. The number of hydrogen-bond acceptors (Lipinski definition) is 3. The minimum absolute atomic E-state index is 0. The van der Waals surface area contributed by atoms with E-state index in [0.717, 1.165) is 0 Å². The van der Waals surface area contributed by atoms with Crippen LogP contribution in [-0.4, -0.2) is 17.1 Å². The molecule has 0 aliphatic carbocycles. The van der Waals surface area contributed by atoms with E-state index in [-0.39, 0.29) is 27.3 Å². The van der Waals surface area contributed by atoms with Crippen LogP contribution in [0, 0.1) is 0 Å². The van der Waals surface area contributed by atoms with Crippen molar-refractivity contribution in [2.45, 2.75) is 0 Å². The van der Waals surface area contributed by atoms with Crippen LogP contribution in [0.5, 0.6) is 0 Å². The van der Waals surface area contributed by atoms with E-state index >= 15 is 0 Å². The zero-order valence-corrected chi connectivity index (χ0v) is 8.88. The van der Waals surface area contributed by atoms with Crippen molar-refractivity contribution in [3.8, 4) is 0 Å². The topological polar surface area (TPSA) is 74.6 Å². The fraction of sp³-hybridized carbons (Fsp3) is 0. The molecule has 0 bridgehead atoms. The van der Waals surface area contributed by atoms with Crippen LogP contribution < -0.4 is 0 Å². The number of hydrogen-bond donors (Lipinski definition) is 2. The summed E-state index contributed by atoms with van der Waals surface area (Å²) in [6.45, 7) is 0. The molecular weight excluding hydrogens is 238 g/mol. The van der Waals surface area contributed by atoms with Gasteiger partial charge >= 0.3 is 26.8 Å². The quantitative estimate of drug-likeness (QED) is 0.493. The summed E-state index contributed by atoms with van der Waals surface area (Å²) in [5.41, 5.74) is 0. The van der Waals surface area contributed by atoms with Crippen LogP contribution in [0.25, 0.3) is 0 Å². The van der Waals surface area contributed by atoms with Gasteiger partial charge in [0.1, 0.15) is 0 Å². The van der Waals surface area contributed by atoms with E-state index in [9.17, 15) is 0 Å². The minimum atomic E-state index is -3.69. The van der Waals surface area contributed by atoms with Crippen molar-refractivity contribution in [2.24, 2.45) is 0 Å². The first-order chi connectivity index (χ1) is 2.73. The fourth-order valence-corrected chi connectivity index (χ4v) is 0. The summed E-state index contributed by atoms with van der Waals surface area (Å²) in [6, 6.07) is 0. The summed E-state index contributed by atoms with van der Waals surface area (Å²) in [7, 11) is 3.50. The van der Waals surface area contributed by atoms with Crippen molar-refractivity contribution in [1.82, 2.24) is 0 Å². The second-order valence-electron chi connectivity index (χ2n) is 0.238. The summed E-state index contributed by atoms with van der Waals surface area (Å²) in [5, 5.41) is 6.50. The molecule has 2 N–H and O–H groups in total. The maximum absolute atomic E-state index is 8.67. The van der Waals surface area contributed by atoms with E-state index in [2.05, 4.69) is 8.05 Å².